The second kappa shape index (κ2) is 5.69. The Morgan fingerprint density at radius 3 is 2.53 bits per heavy atom. The molecule has 0 aromatic heterocycles. The van der Waals surface area contributed by atoms with Crippen molar-refractivity contribution in [2.45, 2.75) is 33.2 Å². The first kappa shape index (κ1) is 14.9. The minimum atomic E-state index is -0.461. The van der Waals surface area contributed by atoms with Crippen molar-refractivity contribution in [2.75, 3.05) is 11.9 Å². The Bertz CT molecular complexity index is 492. The second-order valence-corrected chi connectivity index (χ2v) is 5.43. The Morgan fingerprint density at radius 2 is 2.00 bits per heavy atom. The number of nitro benzene ring substituents is 1. The van der Waals surface area contributed by atoms with Crippen molar-refractivity contribution in [3.63, 3.8) is 0 Å². The van der Waals surface area contributed by atoms with E-state index in [0.717, 1.165) is 5.56 Å². The number of aryl methyl sites for hydroxylation is 1. The zero-order valence-corrected chi connectivity index (χ0v) is 11.6. The largest absolute Gasteiger partial charge is 0.371 e. The molecule has 0 fully saturated rings. The van der Waals surface area contributed by atoms with Gasteiger partial charge in [0, 0.05) is 11.6 Å². The highest BCUT2D eigenvalue weighted by atomic mass is 16.6. The molecule has 19 heavy (non-hydrogen) atoms. The van der Waals surface area contributed by atoms with E-state index < -0.39 is 4.92 Å². The monoisotopic (exact) mass is 265 g/mol. The highest BCUT2D eigenvalue weighted by Crippen LogP contribution is 2.24. The van der Waals surface area contributed by atoms with Crippen LogP contribution in [0.15, 0.2) is 18.2 Å². The Morgan fingerprint density at radius 1 is 1.37 bits per heavy atom. The van der Waals surface area contributed by atoms with Crippen LogP contribution in [0.1, 0.15) is 26.3 Å². The lowest BCUT2D eigenvalue weighted by Crippen LogP contribution is -2.43. The molecule has 0 spiro atoms. The average molecular weight is 265 g/mol. The number of hydrogen-bond donors (Lipinski definition) is 2. The van der Waals surface area contributed by atoms with Gasteiger partial charge in [0.2, 0.25) is 5.91 Å². The standard InChI is InChI=1S/C13H19N3O3/c1-9-5-6-10(11(7-9)16(18)19)14-8-12(17)15-13(2,3)4/h5-7,14H,8H2,1-4H3,(H,15,17). The summed E-state index contributed by atoms with van der Waals surface area (Å²) >= 11 is 0. The molecule has 1 aromatic carbocycles. The van der Waals surface area contributed by atoms with Gasteiger partial charge < -0.3 is 10.6 Å². The average Bonchev–Trinajstić information content (AvgIpc) is 2.24. The fourth-order valence-corrected chi connectivity index (χ4v) is 1.58. The van der Waals surface area contributed by atoms with E-state index in [-0.39, 0.29) is 23.7 Å². The smallest absolute Gasteiger partial charge is 0.292 e. The van der Waals surface area contributed by atoms with Crippen molar-refractivity contribution in [2.24, 2.45) is 0 Å². The molecule has 0 unspecified atom stereocenters. The third kappa shape index (κ3) is 4.95. The molecule has 6 heteroatoms. The van der Waals surface area contributed by atoms with E-state index in [2.05, 4.69) is 10.6 Å². The van der Waals surface area contributed by atoms with Gasteiger partial charge in [0.15, 0.2) is 0 Å². The Kier molecular flexibility index (Phi) is 4.47. The number of anilines is 1. The number of hydrogen-bond acceptors (Lipinski definition) is 4. The number of amides is 1. The van der Waals surface area contributed by atoms with E-state index >= 15 is 0 Å². The highest BCUT2D eigenvalue weighted by molar-refractivity contribution is 5.82. The zero-order chi connectivity index (χ0) is 14.6. The zero-order valence-electron chi connectivity index (χ0n) is 11.6. The van der Waals surface area contributed by atoms with Gasteiger partial charge in [-0.1, -0.05) is 6.07 Å². The van der Waals surface area contributed by atoms with E-state index in [9.17, 15) is 14.9 Å². The summed E-state index contributed by atoms with van der Waals surface area (Å²) in [5, 5.41) is 16.5. The number of nitrogens with one attached hydrogen (secondary N) is 2. The predicted molar refractivity (Wildman–Crippen MR) is 74.2 cm³/mol. The molecule has 0 heterocycles. The first-order chi connectivity index (χ1) is 8.69. The van der Waals surface area contributed by atoms with Crippen molar-refractivity contribution >= 4 is 17.3 Å². The van der Waals surface area contributed by atoms with Crippen molar-refractivity contribution in [3.05, 3.63) is 33.9 Å². The molecule has 0 atom stereocenters. The van der Waals surface area contributed by atoms with E-state index in [4.69, 9.17) is 0 Å². The van der Waals surface area contributed by atoms with Crippen LogP contribution in [-0.4, -0.2) is 22.9 Å². The minimum Gasteiger partial charge on any atom is -0.371 e. The number of benzene rings is 1. The third-order valence-electron chi connectivity index (χ3n) is 2.30. The van der Waals surface area contributed by atoms with Crippen LogP contribution in [0, 0.1) is 17.0 Å². The number of carbonyl (C=O) groups excluding carboxylic acids is 1. The maximum absolute atomic E-state index is 11.6. The first-order valence-corrected chi connectivity index (χ1v) is 5.99. The van der Waals surface area contributed by atoms with Crippen molar-refractivity contribution in [1.82, 2.24) is 5.32 Å². The summed E-state index contributed by atoms with van der Waals surface area (Å²) in [6.45, 7) is 7.40. The lowest BCUT2D eigenvalue weighted by atomic mass is 10.1. The van der Waals surface area contributed by atoms with Crippen molar-refractivity contribution in [1.29, 1.82) is 0 Å². The Hall–Kier alpha value is -2.11. The van der Waals surface area contributed by atoms with Gasteiger partial charge in [-0.2, -0.15) is 0 Å². The lowest BCUT2D eigenvalue weighted by molar-refractivity contribution is -0.384. The van der Waals surface area contributed by atoms with E-state index in [1.165, 1.54) is 6.07 Å². The fraction of sp³-hybridized carbons (Fsp3) is 0.462. The van der Waals surface area contributed by atoms with Gasteiger partial charge in [-0.05, 0) is 39.3 Å². The quantitative estimate of drug-likeness (QED) is 0.646. The van der Waals surface area contributed by atoms with Gasteiger partial charge in [-0.25, -0.2) is 0 Å². The van der Waals surface area contributed by atoms with Gasteiger partial charge in [0.25, 0.3) is 5.69 Å². The number of nitrogens with zero attached hydrogens (tertiary/aromatic N) is 1. The van der Waals surface area contributed by atoms with Gasteiger partial charge in [-0.3, -0.25) is 14.9 Å². The molecule has 1 aromatic rings. The molecule has 0 aliphatic carbocycles. The summed E-state index contributed by atoms with van der Waals surface area (Å²) in [5.41, 5.74) is 0.803. The topological polar surface area (TPSA) is 84.3 Å². The Balaban J connectivity index is 2.73. The molecule has 1 amide bonds. The van der Waals surface area contributed by atoms with E-state index in [1.54, 1.807) is 19.1 Å². The molecule has 0 aliphatic rings. The van der Waals surface area contributed by atoms with Crippen LogP contribution in [0.5, 0.6) is 0 Å². The summed E-state index contributed by atoms with van der Waals surface area (Å²) in [4.78, 5) is 22.1. The molecule has 0 saturated heterocycles. The number of rotatable bonds is 4. The summed E-state index contributed by atoms with van der Waals surface area (Å²) in [5.74, 6) is -0.206. The van der Waals surface area contributed by atoms with Crippen LogP contribution in [0.3, 0.4) is 0 Å². The molecule has 1 rings (SSSR count). The summed E-state index contributed by atoms with van der Waals surface area (Å²) in [6, 6.07) is 4.85. The molecular weight excluding hydrogens is 246 g/mol. The van der Waals surface area contributed by atoms with Crippen molar-refractivity contribution < 1.29 is 9.72 Å². The van der Waals surface area contributed by atoms with E-state index in [0.29, 0.717) is 5.69 Å². The fourth-order valence-electron chi connectivity index (χ4n) is 1.58. The molecule has 0 bridgehead atoms. The van der Waals surface area contributed by atoms with Crippen LogP contribution in [0.4, 0.5) is 11.4 Å². The number of nitro groups is 1. The first-order valence-electron chi connectivity index (χ1n) is 5.99. The van der Waals surface area contributed by atoms with Gasteiger partial charge in [0.05, 0.1) is 11.5 Å². The van der Waals surface area contributed by atoms with E-state index in [1.807, 2.05) is 20.8 Å². The molecule has 0 saturated carbocycles. The minimum absolute atomic E-state index is 0.00116. The molecule has 104 valence electrons. The normalized spacial score (nSPS) is 10.9. The Labute approximate surface area is 112 Å². The highest BCUT2D eigenvalue weighted by Gasteiger charge is 2.16. The molecular formula is C13H19N3O3. The summed E-state index contributed by atoms with van der Waals surface area (Å²) in [6.07, 6.45) is 0. The van der Waals surface area contributed by atoms with Gasteiger partial charge in [-0.15, -0.1) is 0 Å². The second-order valence-electron chi connectivity index (χ2n) is 5.43. The van der Waals surface area contributed by atoms with Crippen LogP contribution >= 0.6 is 0 Å². The van der Waals surface area contributed by atoms with Gasteiger partial charge >= 0.3 is 0 Å². The molecule has 0 radical (unpaired) electrons. The van der Waals surface area contributed by atoms with Gasteiger partial charge in [0.1, 0.15) is 5.69 Å². The maximum Gasteiger partial charge on any atom is 0.292 e. The molecule has 6 nitrogen and oxygen atoms in total. The van der Waals surface area contributed by atoms with Crippen LogP contribution in [0.25, 0.3) is 0 Å². The predicted octanol–water partition coefficient (Wildman–Crippen LogP) is 2.23. The SMILES string of the molecule is Cc1ccc(NCC(=O)NC(C)(C)C)c([N+](=O)[O-])c1. The number of carbonyl (C=O) groups is 1. The van der Waals surface area contributed by atoms with Crippen LogP contribution in [-0.2, 0) is 4.79 Å². The lowest BCUT2D eigenvalue weighted by Gasteiger charge is -2.20. The van der Waals surface area contributed by atoms with Crippen LogP contribution in [0.2, 0.25) is 0 Å². The summed E-state index contributed by atoms with van der Waals surface area (Å²) < 4.78 is 0. The molecule has 0 aliphatic heterocycles. The molecule has 2 N–H and O–H groups in total. The third-order valence-corrected chi connectivity index (χ3v) is 2.30. The maximum atomic E-state index is 11.6. The summed E-state index contributed by atoms with van der Waals surface area (Å²) in [7, 11) is 0. The van der Waals surface area contributed by atoms with Crippen molar-refractivity contribution in [3.8, 4) is 0 Å². The van der Waals surface area contributed by atoms with Crippen LogP contribution < -0.4 is 10.6 Å².